The number of nitrogens with zero attached hydrogens (tertiary/aromatic N) is 1. The van der Waals surface area contributed by atoms with E-state index in [1.165, 1.54) is 0 Å². The Morgan fingerprint density at radius 1 is 0.971 bits per heavy atom. The molecule has 0 aliphatic carbocycles. The Bertz CT molecular complexity index is 1260. The van der Waals surface area contributed by atoms with Gasteiger partial charge in [0.15, 0.2) is 11.5 Å². The fourth-order valence-corrected chi connectivity index (χ4v) is 4.52. The quantitative estimate of drug-likeness (QED) is 0.411. The van der Waals surface area contributed by atoms with Crippen LogP contribution < -0.4 is 14.8 Å². The summed E-state index contributed by atoms with van der Waals surface area (Å²) >= 11 is 3.44. The van der Waals surface area contributed by atoms with Gasteiger partial charge >= 0.3 is 12.0 Å². The van der Waals surface area contributed by atoms with Gasteiger partial charge in [-0.3, -0.25) is 4.79 Å². The van der Waals surface area contributed by atoms with Gasteiger partial charge in [-0.25, -0.2) is 9.79 Å². The van der Waals surface area contributed by atoms with Crippen LogP contribution in [0.4, 0.5) is 4.79 Å². The summed E-state index contributed by atoms with van der Waals surface area (Å²) in [5.74, 6) is 0.232. The lowest BCUT2D eigenvalue weighted by atomic mass is 9.85. The average molecular weight is 535 g/mol. The van der Waals surface area contributed by atoms with Gasteiger partial charge in [0.25, 0.3) is 0 Å². The Hall–Kier alpha value is -3.65. The molecule has 5 rings (SSSR count). The van der Waals surface area contributed by atoms with Crippen LogP contribution in [0.3, 0.4) is 0 Å². The zero-order chi connectivity index (χ0) is 24.2. The minimum Gasteiger partial charge on any atom is -0.460 e. The first-order chi connectivity index (χ1) is 17.1. The third-order valence-electron chi connectivity index (χ3n) is 6.03. The van der Waals surface area contributed by atoms with E-state index in [1.807, 2.05) is 72.8 Å². The molecule has 2 amide bonds. The van der Waals surface area contributed by atoms with Crippen molar-refractivity contribution >= 4 is 33.6 Å². The largest absolute Gasteiger partial charge is 0.460 e. The molecule has 178 valence electrons. The Balaban J connectivity index is 1.39. The van der Waals surface area contributed by atoms with Crippen molar-refractivity contribution in [1.29, 1.82) is 0 Å². The molecule has 0 saturated heterocycles. The number of benzene rings is 3. The minimum atomic E-state index is -0.744. The fraction of sp³-hybridized carbons (Fsp3) is 0.222. The highest BCUT2D eigenvalue weighted by Crippen LogP contribution is 2.34. The second-order valence-electron chi connectivity index (χ2n) is 8.34. The van der Waals surface area contributed by atoms with Crippen LogP contribution in [0, 0.1) is 5.92 Å². The van der Waals surface area contributed by atoms with Gasteiger partial charge in [0.05, 0.1) is 6.04 Å². The normalized spacial score (nSPS) is 18.5. The molecule has 0 saturated carbocycles. The molecule has 2 unspecified atom stereocenters. The first-order valence-electron chi connectivity index (χ1n) is 11.3. The zero-order valence-corrected chi connectivity index (χ0v) is 20.4. The number of ether oxygens (including phenoxy) is 3. The molecule has 2 heterocycles. The number of halogens is 1. The first kappa shape index (κ1) is 23.1. The molecule has 8 heteroatoms. The second kappa shape index (κ2) is 10.3. The zero-order valence-electron chi connectivity index (χ0n) is 18.8. The predicted octanol–water partition coefficient (Wildman–Crippen LogP) is 5.38. The molecule has 35 heavy (non-hydrogen) atoms. The first-order valence-corrected chi connectivity index (χ1v) is 12.1. The lowest BCUT2D eigenvalue weighted by Gasteiger charge is -2.31. The standard InChI is InChI=1S/C27H23BrN2O5/c28-20-10-8-19(9-11-20)25-24(26(31)33-15-18-4-2-1-3-5-18)21(29-27(32)30-25)12-6-17-7-13-22-23(14-17)35-16-34-22/h1-5,7-11,13-14,24-25H,6,12,15-16H2,(H,30,32). The van der Waals surface area contributed by atoms with Crippen LogP contribution >= 0.6 is 15.9 Å². The molecule has 2 atom stereocenters. The summed E-state index contributed by atoms with van der Waals surface area (Å²) in [5.41, 5.74) is 3.19. The Kier molecular flexibility index (Phi) is 6.81. The van der Waals surface area contributed by atoms with Gasteiger partial charge in [0.1, 0.15) is 12.5 Å². The van der Waals surface area contributed by atoms with E-state index in [1.54, 1.807) is 0 Å². The van der Waals surface area contributed by atoms with Crippen molar-refractivity contribution in [3.8, 4) is 11.5 Å². The summed E-state index contributed by atoms with van der Waals surface area (Å²) < 4.78 is 17.5. The summed E-state index contributed by atoms with van der Waals surface area (Å²) in [6.45, 7) is 0.350. The number of hydrogen-bond donors (Lipinski definition) is 1. The van der Waals surface area contributed by atoms with Gasteiger partial charge in [0, 0.05) is 10.2 Å². The van der Waals surface area contributed by atoms with Crippen molar-refractivity contribution in [2.45, 2.75) is 25.5 Å². The molecule has 0 fully saturated rings. The lowest BCUT2D eigenvalue weighted by molar-refractivity contribution is -0.148. The molecule has 2 aliphatic rings. The maximum Gasteiger partial charge on any atom is 0.341 e. The number of esters is 1. The molecule has 3 aromatic carbocycles. The maximum atomic E-state index is 13.4. The number of hydrogen-bond acceptors (Lipinski definition) is 5. The van der Waals surface area contributed by atoms with Crippen molar-refractivity contribution in [2.24, 2.45) is 10.9 Å². The van der Waals surface area contributed by atoms with Crippen LogP contribution in [0.5, 0.6) is 11.5 Å². The Morgan fingerprint density at radius 3 is 2.54 bits per heavy atom. The molecular weight excluding hydrogens is 512 g/mol. The summed E-state index contributed by atoms with van der Waals surface area (Å²) in [6.07, 6.45) is 1.00. The van der Waals surface area contributed by atoms with Gasteiger partial charge in [-0.2, -0.15) is 0 Å². The smallest absolute Gasteiger partial charge is 0.341 e. The van der Waals surface area contributed by atoms with E-state index < -0.39 is 24.0 Å². The molecule has 2 aliphatic heterocycles. The van der Waals surface area contributed by atoms with E-state index in [9.17, 15) is 9.59 Å². The predicted molar refractivity (Wildman–Crippen MR) is 133 cm³/mol. The van der Waals surface area contributed by atoms with Gasteiger partial charge in [0.2, 0.25) is 6.79 Å². The highest BCUT2D eigenvalue weighted by molar-refractivity contribution is 9.10. The van der Waals surface area contributed by atoms with Gasteiger partial charge in [-0.15, -0.1) is 0 Å². The van der Waals surface area contributed by atoms with E-state index in [0.717, 1.165) is 21.2 Å². The van der Waals surface area contributed by atoms with E-state index in [2.05, 4.69) is 26.2 Å². The molecule has 3 aromatic rings. The van der Waals surface area contributed by atoms with Crippen molar-refractivity contribution < 1.29 is 23.8 Å². The van der Waals surface area contributed by atoms with E-state index in [4.69, 9.17) is 14.2 Å². The van der Waals surface area contributed by atoms with Gasteiger partial charge in [-0.1, -0.05) is 64.5 Å². The number of aryl methyl sites for hydroxylation is 1. The third-order valence-corrected chi connectivity index (χ3v) is 6.56. The maximum absolute atomic E-state index is 13.4. The number of amides is 2. The number of nitrogens with one attached hydrogen (secondary N) is 1. The molecule has 0 aromatic heterocycles. The molecule has 0 spiro atoms. The number of fused-ring (bicyclic) bond motifs is 1. The van der Waals surface area contributed by atoms with Crippen LogP contribution in [0.25, 0.3) is 0 Å². The number of aliphatic imine (C=N–C) groups is 1. The summed E-state index contributed by atoms with van der Waals surface area (Å²) in [5, 5.41) is 2.86. The van der Waals surface area contributed by atoms with E-state index in [0.29, 0.717) is 30.1 Å². The second-order valence-corrected chi connectivity index (χ2v) is 9.26. The molecule has 0 bridgehead atoms. The van der Waals surface area contributed by atoms with Crippen LogP contribution in [0.1, 0.15) is 29.2 Å². The summed E-state index contributed by atoms with van der Waals surface area (Å²) in [4.78, 5) is 30.2. The average Bonchev–Trinajstić information content (AvgIpc) is 3.35. The molecule has 7 nitrogen and oxygen atoms in total. The highest BCUT2D eigenvalue weighted by atomic mass is 79.9. The fourth-order valence-electron chi connectivity index (χ4n) is 4.26. The summed E-state index contributed by atoms with van der Waals surface area (Å²) in [6, 6.07) is 21.7. The molecular formula is C27H23BrN2O5. The van der Waals surface area contributed by atoms with Crippen LogP contribution in [0.15, 0.2) is 82.3 Å². The van der Waals surface area contributed by atoms with Gasteiger partial charge in [-0.05, 0) is 53.8 Å². The third kappa shape index (κ3) is 5.38. The van der Waals surface area contributed by atoms with Crippen molar-refractivity contribution in [2.75, 3.05) is 6.79 Å². The van der Waals surface area contributed by atoms with E-state index >= 15 is 0 Å². The van der Waals surface area contributed by atoms with Gasteiger partial charge < -0.3 is 19.5 Å². The van der Waals surface area contributed by atoms with Crippen molar-refractivity contribution in [3.05, 3.63) is 94.0 Å². The molecule has 1 N–H and O–H groups in total. The minimum absolute atomic E-state index is 0.145. The van der Waals surface area contributed by atoms with Crippen LogP contribution in [0.2, 0.25) is 0 Å². The van der Waals surface area contributed by atoms with E-state index in [-0.39, 0.29) is 13.4 Å². The van der Waals surface area contributed by atoms with Crippen molar-refractivity contribution in [3.63, 3.8) is 0 Å². The number of carbonyl (C=O) groups excluding carboxylic acids is 2. The van der Waals surface area contributed by atoms with Crippen LogP contribution in [-0.4, -0.2) is 24.5 Å². The lowest BCUT2D eigenvalue weighted by Crippen LogP contribution is -2.45. The number of carbonyl (C=O) groups is 2. The summed E-state index contributed by atoms with van der Waals surface area (Å²) in [7, 11) is 0. The topological polar surface area (TPSA) is 86.2 Å². The molecule has 0 radical (unpaired) electrons. The monoisotopic (exact) mass is 534 g/mol. The Morgan fingerprint density at radius 2 is 1.74 bits per heavy atom. The number of urea groups is 1. The van der Waals surface area contributed by atoms with Crippen LogP contribution in [-0.2, 0) is 22.6 Å². The Labute approximate surface area is 211 Å². The SMILES string of the molecule is O=C1N=C(CCc2ccc3c(c2)OCO3)C(C(=O)OCc2ccccc2)C(c2ccc(Br)cc2)N1. The highest BCUT2D eigenvalue weighted by Gasteiger charge is 2.39. The van der Waals surface area contributed by atoms with Crippen molar-refractivity contribution in [1.82, 2.24) is 5.32 Å². The number of rotatable bonds is 7.